The van der Waals surface area contributed by atoms with E-state index in [1.54, 1.807) is 18.0 Å². The fraction of sp³-hybridized carbons (Fsp3) is 0.600. The average molecular weight is 211 g/mol. The molecule has 1 unspecified atom stereocenters. The first-order valence-electron chi connectivity index (χ1n) is 4.86. The predicted molar refractivity (Wildman–Crippen MR) is 60.4 cm³/mol. The van der Waals surface area contributed by atoms with Gasteiger partial charge in [0.1, 0.15) is 0 Å². The Hall–Kier alpha value is -0.610. The average Bonchev–Trinajstić information content (AvgIpc) is 2.12. The smallest absolute Gasteiger partial charge is 0.187 e. The summed E-state index contributed by atoms with van der Waals surface area (Å²) in [7, 11) is 0. The van der Waals surface area contributed by atoms with Crippen LogP contribution in [0.1, 0.15) is 25.5 Å². The molecule has 3 nitrogen and oxygen atoms in total. The highest BCUT2D eigenvalue weighted by Crippen LogP contribution is 2.14. The minimum atomic E-state index is 0.300. The molecule has 1 atom stereocenters. The number of aromatic nitrogens is 2. The van der Waals surface area contributed by atoms with E-state index in [1.165, 1.54) is 0 Å². The van der Waals surface area contributed by atoms with Gasteiger partial charge in [0, 0.05) is 23.7 Å². The second-order valence-electron chi connectivity index (χ2n) is 3.45. The van der Waals surface area contributed by atoms with E-state index in [-0.39, 0.29) is 0 Å². The first kappa shape index (κ1) is 11.5. The number of thioether (sulfide) groups is 1. The van der Waals surface area contributed by atoms with Crippen molar-refractivity contribution in [2.24, 2.45) is 5.73 Å². The quantitative estimate of drug-likeness (QED) is 0.460. The van der Waals surface area contributed by atoms with Crippen LogP contribution >= 0.6 is 11.8 Å². The van der Waals surface area contributed by atoms with Gasteiger partial charge in [0.15, 0.2) is 5.16 Å². The monoisotopic (exact) mass is 211 g/mol. The SMILES string of the molecule is Cc1ccnc(SCCCC(C)N)n1. The van der Waals surface area contributed by atoms with Gasteiger partial charge in [-0.1, -0.05) is 11.8 Å². The van der Waals surface area contributed by atoms with Gasteiger partial charge in [-0.3, -0.25) is 0 Å². The van der Waals surface area contributed by atoms with E-state index in [9.17, 15) is 0 Å². The molecule has 0 radical (unpaired) electrons. The lowest BCUT2D eigenvalue weighted by atomic mass is 10.2. The standard InChI is InChI=1S/C10H17N3S/c1-8(11)4-3-7-14-10-12-6-5-9(2)13-10/h5-6,8H,3-4,7,11H2,1-2H3. The van der Waals surface area contributed by atoms with E-state index in [0.29, 0.717) is 6.04 Å². The maximum absolute atomic E-state index is 5.66. The molecular weight excluding hydrogens is 194 g/mol. The molecule has 1 aromatic heterocycles. The Morgan fingerprint density at radius 1 is 1.57 bits per heavy atom. The summed E-state index contributed by atoms with van der Waals surface area (Å²) in [6.45, 7) is 4.02. The lowest BCUT2D eigenvalue weighted by Crippen LogP contribution is -2.14. The van der Waals surface area contributed by atoms with Crippen molar-refractivity contribution in [3.63, 3.8) is 0 Å². The first-order valence-corrected chi connectivity index (χ1v) is 5.85. The molecule has 0 aliphatic heterocycles. The number of aryl methyl sites for hydroxylation is 1. The highest BCUT2D eigenvalue weighted by molar-refractivity contribution is 7.99. The summed E-state index contributed by atoms with van der Waals surface area (Å²) in [5, 5.41) is 0.870. The van der Waals surface area contributed by atoms with E-state index in [2.05, 4.69) is 9.97 Å². The van der Waals surface area contributed by atoms with E-state index >= 15 is 0 Å². The predicted octanol–water partition coefficient (Wildman–Crippen LogP) is 2.00. The van der Waals surface area contributed by atoms with Gasteiger partial charge in [0.25, 0.3) is 0 Å². The van der Waals surface area contributed by atoms with Gasteiger partial charge >= 0.3 is 0 Å². The van der Waals surface area contributed by atoms with Crippen LogP contribution in [0, 0.1) is 6.92 Å². The molecule has 0 aliphatic rings. The maximum Gasteiger partial charge on any atom is 0.187 e. The molecule has 1 rings (SSSR count). The highest BCUT2D eigenvalue weighted by atomic mass is 32.2. The summed E-state index contributed by atoms with van der Waals surface area (Å²) in [4.78, 5) is 8.49. The normalized spacial score (nSPS) is 12.8. The van der Waals surface area contributed by atoms with Crippen molar-refractivity contribution in [1.29, 1.82) is 0 Å². The molecule has 1 aromatic rings. The lowest BCUT2D eigenvalue weighted by Gasteiger charge is -2.03. The molecule has 78 valence electrons. The molecule has 0 fully saturated rings. The third-order valence-corrected chi connectivity index (χ3v) is 2.76. The summed E-state index contributed by atoms with van der Waals surface area (Å²) in [6, 6.07) is 2.21. The van der Waals surface area contributed by atoms with Crippen LogP contribution < -0.4 is 5.73 Å². The van der Waals surface area contributed by atoms with E-state index in [4.69, 9.17) is 5.73 Å². The molecule has 4 heteroatoms. The fourth-order valence-electron chi connectivity index (χ4n) is 1.06. The van der Waals surface area contributed by atoms with Gasteiger partial charge in [0.2, 0.25) is 0 Å². The zero-order valence-electron chi connectivity index (χ0n) is 8.73. The molecule has 0 amide bonds. The Bertz CT molecular complexity index is 276. The number of nitrogens with zero attached hydrogens (tertiary/aromatic N) is 2. The highest BCUT2D eigenvalue weighted by Gasteiger charge is 1.98. The Morgan fingerprint density at radius 3 is 3.00 bits per heavy atom. The van der Waals surface area contributed by atoms with Crippen LogP contribution in [0.3, 0.4) is 0 Å². The molecule has 2 N–H and O–H groups in total. The van der Waals surface area contributed by atoms with Crippen LogP contribution in [0.2, 0.25) is 0 Å². The summed E-state index contributed by atoms with van der Waals surface area (Å²) in [5.41, 5.74) is 6.68. The van der Waals surface area contributed by atoms with E-state index in [0.717, 1.165) is 29.4 Å². The van der Waals surface area contributed by atoms with E-state index in [1.807, 2.05) is 19.9 Å². The van der Waals surface area contributed by atoms with Crippen molar-refractivity contribution in [1.82, 2.24) is 9.97 Å². The third kappa shape index (κ3) is 4.58. The summed E-state index contributed by atoms with van der Waals surface area (Å²) < 4.78 is 0. The minimum Gasteiger partial charge on any atom is -0.328 e. The van der Waals surface area contributed by atoms with Gasteiger partial charge in [-0.2, -0.15) is 0 Å². The largest absolute Gasteiger partial charge is 0.328 e. The van der Waals surface area contributed by atoms with Crippen molar-refractivity contribution in [3.05, 3.63) is 18.0 Å². The Kier molecular flexibility index (Phi) is 4.90. The first-order chi connectivity index (χ1) is 6.68. The Balaban J connectivity index is 2.25. The van der Waals surface area contributed by atoms with Gasteiger partial charge < -0.3 is 5.73 Å². The van der Waals surface area contributed by atoms with Crippen LogP contribution in [0.5, 0.6) is 0 Å². The van der Waals surface area contributed by atoms with Gasteiger partial charge in [-0.05, 0) is 32.8 Å². The zero-order valence-corrected chi connectivity index (χ0v) is 9.55. The minimum absolute atomic E-state index is 0.300. The van der Waals surface area contributed by atoms with Gasteiger partial charge in [0.05, 0.1) is 0 Å². The van der Waals surface area contributed by atoms with Crippen LogP contribution in [-0.4, -0.2) is 21.8 Å². The second-order valence-corrected chi connectivity index (χ2v) is 4.51. The van der Waals surface area contributed by atoms with Crippen LogP contribution in [0.4, 0.5) is 0 Å². The van der Waals surface area contributed by atoms with Crippen LogP contribution in [-0.2, 0) is 0 Å². The van der Waals surface area contributed by atoms with Crippen LogP contribution in [0.25, 0.3) is 0 Å². The van der Waals surface area contributed by atoms with Crippen LogP contribution in [0.15, 0.2) is 17.4 Å². The molecular formula is C10H17N3S. The summed E-state index contributed by atoms with van der Waals surface area (Å²) in [5.74, 6) is 1.05. The molecule has 1 heterocycles. The third-order valence-electron chi connectivity index (χ3n) is 1.81. The van der Waals surface area contributed by atoms with Crippen molar-refractivity contribution < 1.29 is 0 Å². The van der Waals surface area contributed by atoms with Crippen molar-refractivity contribution in [2.45, 2.75) is 37.9 Å². The lowest BCUT2D eigenvalue weighted by molar-refractivity contribution is 0.656. The van der Waals surface area contributed by atoms with Crippen molar-refractivity contribution in [3.8, 4) is 0 Å². The fourth-order valence-corrected chi connectivity index (χ4v) is 1.90. The summed E-state index contributed by atoms with van der Waals surface area (Å²) >= 11 is 1.70. The zero-order chi connectivity index (χ0) is 10.4. The summed E-state index contributed by atoms with van der Waals surface area (Å²) in [6.07, 6.45) is 3.99. The molecule has 0 aromatic carbocycles. The van der Waals surface area contributed by atoms with E-state index < -0.39 is 0 Å². The molecule has 0 saturated carbocycles. The van der Waals surface area contributed by atoms with Gasteiger partial charge in [-0.25, -0.2) is 9.97 Å². The van der Waals surface area contributed by atoms with Crippen molar-refractivity contribution in [2.75, 3.05) is 5.75 Å². The number of nitrogens with two attached hydrogens (primary N) is 1. The van der Waals surface area contributed by atoms with Crippen molar-refractivity contribution >= 4 is 11.8 Å². The molecule has 0 aliphatic carbocycles. The molecule has 0 bridgehead atoms. The second kappa shape index (κ2) is 5.98. The Labute approximate surface area is 89.5 Å². The molecule has 0 saturated heterocycles. The molecule has 0 spiro atoms. The number of rotatable bonds is 5. The molecule has 14 heavy (non-hydrogen) atoms. The van der Waals surface area contributed by atoms with Gasteiger partial charge in [-0.15, -0.1) is 0 Å². The number of hydrogen-bond acceptors (Lipinski definition) is 4. The topological polar surface area (TPSA) is 51.8 Å². The maximum atomic E-state index is 5.66. The Morgan fingerprint density at radius 2 is 2.36 bits per heavy atom. The number of hydrogen-bond donors (Lipinski definition) is 1.